The van der Waals surface area contributed by atoms with Crippen LogP contribution in [-0.4, -0.2) is 47.7 Å². The zero-order chi connectivity index (χ0) is 15.1. The summed E-state index contributed by atoms with van der Waals surface area (Å²) < 4.78 is 1.06. The first-order chi connectivity index (χ1) is 10.2. The van der Waals surface area contributed by atoms with Gasteiger partial charge in [-0.15, -0.1) is 11.3 Å². The molecule has 118 valence electrons. The van der Waals surface area contributed by atoms with Crippen molar-refractivity contribution in [1.29, 1.82) is 0 Å². The minimum atomic E-state index is 0.0896. The Bertz CT molecular complexity index is 450. The summed E-state index contributed by atoms with van der Waals surface area (Å²) in [7, 11) is 2.19. The molecule has 1 N–H and O–H groups in total. The lowest BCUT2D eigenvalue weighted by molar-refractivity contribution is -0.120. The Hall–Kier alpha value is -0.590. The normalized spacial score (nSPS) is 19.6. The summed E-state index contributed by atoms with van der Waals surface area (Å²) in [5, 5.41) is 5.03. The van der Waals surface area contributed by atoms with Gasteiger partial charge in [0.05, 0.1) is 12.1 Å². The van der Waals surface area contributed by atoms with Crippen LogP contribution >= 0.6 is 23.1 Å². The van der Waals surface area contributed by atoms with Gasteiger partial charge in [-0.05, 0) is 38.6 Å². The van der Waals surface area contributed by atoms with E-state index in [-0.39, 0.29) is 5.91 Å². The van der Waals surface area contributed by atoms with Crippen LogP contribution in [-0.2, 0) is 11.2 Å². The Labute approximate surface area is 135 Å². The molecule has 2 rings (SSSR count). The van der Waals surface area contributed by atoms with Crippen molar-refractivity contribution in [1.82, 2.24) is 15.2 Å². The maximum Gasteiger partial charge on any atom is 0.226 e. The second-order valence-electron chi connectivity index (χ2n) is 5.48. The predicted octanol–water partition coefficient (Wildman–Crippen LogP) is 2.79. The standard InChI is InChI=1S/C15H25N3OS2/c1-3-20-15-17-12(11-21-15)10-14(19)16-8-7-13-6-4-5-9-18(13)2/h11,13H,3-10H2,1-2H3,(H,16,19). The fourth-order valence-electron chi connectivity index (χ4n) is 2.67. The number of rotatable bonds is 7. The number of thiazole rings is 1. The molecule has 0 radical (unpaired) electrons. The van der Waals surface area contributed by atoms with Crippen molar-refractivity contribution in [2.45, 2.75) is 49.4 Å². The third-order valence-electron chi connectivity index (χ3n) is 3.86. The molecule has 1 aliphatic heterocycles. The van der Waals surface area contributed by atoms with Gasteiger partial charge < -0.3 is 10.2 Å². The zero-order valence-corrected chi connectivity index (χ0v) is 14.6. The first-order valence-electron chi connectivity index (χ1n) is 7.73. The van der Waals surface area contributed by atoms with Crippen molar-refractivity contribution >= 4 is 29.0 Å². The number of hydrogen-bond acceptors (Lipinski definition) is 5. The number of carbonyl (C=O) groups excluding carboxylic acids is 1. The molecule has 0 saturated carbocycles. The molecule has 6 heteroatoms. The van der Waals surface area contributed by atoms with Crippen LogP contribution in [0.2, 0.25) is 0 Å². The van der Waals surface area contributed by atoms with E-state index in [1.54, 1.807) is 23.1 Å². The molecule has 0 aliphatic carbocycles. The van der Waals surface area contributed by atoms with E-state index >= 15 is 0 Å². The highest BCUT2D eigenvalue weighted by atomic mass is 32.2. The fourth-order valence-corrected chi connectivity index (χ4v) is 4.42. The van der Waals surface area contributed by atoms with Gasteiger partial charge in [-0.3, -0.25) is 4.79 Å². The molecular formula is C15H25N3OS2. The van der Waals surface area contributed by atoms with E-state index in [0.717, 1.165) is 28.8 Å². The average Bonchev–Trinajstić information content (AvgIpc) is 2.88. The minimum absolute atomic E-state index is 0.0896. The largest absolute Gasteiger partial charge is 0.356 e. The number of hydrogen-bond donors (Lipinski definition) is 1. The van der Waals surface area contributed by atoms with Crippen LogP contribution in [0.5, 0.6) is 0 Å². The summed E-state index contributed by atoms with van der Waals surface area (Å²) in [6.45, 7) is 4.07. The van der Waals surface area contributed by atoms with Crippen molar-refractivity contribution in [2.75, 3.05) is 25.9 Å². The van der Waals surface area contributed by atoms with E-state index in [1.807, 2.05) is 5.38 Å². The monoisotopic (exact) mass is 327 g/mol. The Morgan fingerprint density at radius 2 is 2.43 bits per heavy atom. The van der Waals surface area contributed by atoms with Gasteiger partial charge in [-0.1, -0.05) is 25.1 Å². The number of nitrogens with zero attached hydrogens (tertiary/aromatic N) is 2. The second-order valence-corrected chi connectivity index (χ2v) is 7.85. The van der Waals surface area contributed by atoms with E-state index in [1.165, 1.54) is 25.8 Å². The smallest absolute Gasteiger partial charge is 0.226 e. The van der Waals surface area contributed by atoms with Gasteiger partial charge in [0.1, 0.15) is 4.34 Å². The summed E-state index contributed by atoms with van der Waals surface area (Å²) in [5.41, 5.74) is 0.892. The molecule has 0 spiro atoms. The van der Waals surface area contributed by atoms with Crippen LogP contribution < -0.4 is 5.32 Å². The number of thioether (sulfide) groups is 1. The van der Waals surface area contributed by atoms with Crippen molar-refractivity contribution in [3.8, 4) is 0 Å². The minimum Gasteiger partial charge on any atom is -0.356 e. The fraction of sp³-hybridized carbons (Fsp3) is 0.733. The van der Waals surface area contributed by atoms with Crippen molar-refractivity contribution in [3.63, 3.8) is 0 Å². The third kappa shape index (κ3) is 5.60. The first-order valence-corrected chi connectivity index (χ1v) is 9.59. The molecule has 4 nitrogen and oxygen atoms in total. The van der Waals surface area contributed by atoms with E-state index in [2.05, 4.69) is 29.2 Å². The average molecular weight is 328 g/mol. The summed E-state index contributed by atoms with van der Waals surface area (Å²) >= 11 is 3.36. The summed E-state index contributed by atoms with van der Waals surface area (Å²) in [6.07, 6.45) is 5.34. The van der Waals surface area contributed by atoms with Gasteiger partial charge in [0.15, 0.2) is 0 Å². The number of carbonyl (C=O) groups is 1. The highest BCUT2D eigenvalue weighted by Crippen LogP contribution is 2.22. The second kappa shape index (κ2) is 8.76. The summed E-state index contributed by atoms with van der Waals surface area (Å²) in [4.78, 5) is 18.8. The molecule has 1 aromatic rings. The van der Waals surface area contributed by atoms with Gasteiger partial charge in [0, 0.05) is 18.0 Å². The quantitative estimate of drug-likeness (QED) is 0.782. The first kappa shape index (κ1) is 16.8. The molecule has 1 fully saturated rings. The van der Waals surface area contributed by atoms with Crippen LogP contribution in [0.3, 0.4) is 0 Å². The Morgan fingerprint density at radius 1 is 1.57 bits per heavy atom. The van der Waals surface area contributed by atoms with Crippen LogP contribution in [0.25, 0.3) is 0 Å². The lowest BCUT2D eigenvalue weighted by Crippen LogP contribution is -2.39. The summed E-state index contributed by atoms with van der Waals surface area (Å²) in [6, 6.07) is 0.630. The van der Waals surface area contributed by atoms with E-state index in [0.29, 0.717) is 12.5 Å². The Morgan fingerprint density at radius 3 is 3.19 bits per heavy atom. The van der Waals surface area contributed by atoms with Crippen molar-refractivity contribution in [2.24, 2.45) is 0 Å². The van der Waals surface area contributed by atoms with Gasteiger partial charge in [-0.2, -0.15) is 0 Å². The number of nitrogens with one attached hydrogen (secondary N) is 1. The maximum atomic E-state index is 11.9. The predicted molar refractivity (Wildman–Crippen MR) is 90.1 cm³/mol. The lowest BCUT2D eigenvalue weighted by atomic mass is 10.0. The highest BCUT2D eigenvalue weighted by molar-refractivity contribution is 8.00. The molecule has 0 bridgehead atoms. The molecule has 0 aromatic carbocycles. The lowest BCUT2D eigenvalue weighted by Gasteiger charge is -2.32. The maximum absolute atomic E-state index is 11.9. The zero-order valence-electron chi connectivity index (χ0n) is 12.9. The van der Waals surface area contributed by atoms with Crippen LogP contribution in [0.4, 0.5) is 0 Å². The molecule has 2 heterocycles. The number of aromatic nitrogens is 1. The molecule has 1 amide bonds. The van der Waals surface area contributed by atoms with Gasteiger partial charge >= 0.3 is 0 Å². The van der Waals surface area contributed by atoms with Crippen LogP contribution in [0.1, 0.15) is 38.3 Å². The number of likely N-dealkylation sites (tertiary alicyclic amines) is 1. The Balaban J connectivity index is 1.67. The topological polar surface area (TPSA) is 45.2 Å². The Kier molecular flexibility index (Phi) is 6.99. The van der Waals surface area contributed by atoms with Crippen LogP contribution in [0.15, 0.2) is 9.72 Å². The van der Waals surface area contributed by atoms with Gasteiger partial charge in [0.2, 0.25) is 5.91 Å². The molecule has 1 saturated heterocycles. The van der Waals surface area contributed by atoms with Gasteiger partial charge in [-0.25, -0.2) is 4.98 Å². The van der Waals surface area contributed by atoms with E-state index < -0.39 is 0 Å². The molecular weight excluding hydrogens is 302 g/mol. The number of piperidine rings is 1. The SMILES string of the molecule is CCSc1nc(CC(=O)NCCC2CCCCN2C)cs1. The van der Waals surface area contributed by atoms with Crippen LogP contribution in [0, 0.1) is 0 Å². The summed E-state index contributed by atoms with van der Waals surface area (Å²) in [5.74, 6) is 1.11. The molecule has 1 aromatic heterocycles. The molecule has 1 aliphatic rings. The molecule has 1 atom stereocenters. The third-order valence-corrected chi connectivity index (χ3v) is 5.81. The number of amides is 1. The highest BCUT2D eigenvalue weighted by Gasteiger charge is 2.18. The van der Waals surface area contributed by atoms with E-state index in [4.69, 9.17) is 0 Å². The molecule has 1 unspecified atom stereocenters. The molecule has 21 heavy (non-hydrogen) atoms. The van der Waals surface area contributed by atoms with Crippen molar-refractivity contribution in [3.05, 3.63) is 11.1 Å². The van der Waals surface area contributed by atoms with Gasteiger partial charge in [0.25, 0.3) is 0 Å². The van der Waals surface area contributed by atoms with Crippen molar-refractivity contribution < 1.29 is 4.79 Å². The van der Waals surface area contributed by atoms with E-state index in [9.17, 15) is 4.79 Å².